The number of halogens is 2. The van der Waals surface area contributed by atoms with Crippen LogP contribution in [0.25, 0.3) is 16.4 Å². The summed E-state index contributed by atoms with van der Waals surface area (Å²) < 4.78 is 43.0. The molecule has 0 spiro atoms. The number of carbonyl (C=O) groups is 1. The molecule has 1 fully saturated rings. The molecule has 2 aromatic heterocycles. The number of nitrogens with zero attached hydrogens (tertiary/aromatic N) is 3. The summed E-state index contributed by atoms with van der Waals surface area (Å²) in [6, 6.07) is 9.41. The van der Waals surface area contributed by atoms with Crippen LogP contribution in [-0.4, -0.2) is 25.8 Å². The van der Waals surface area contributed by atoms with E-state index in [-0.39, 0.29) is 21.8 Å². The van der Waals surface area contributed by atoms with E-state index in [4.69, 9.17) is 10.2 Å². The molecule has 11 heteroatoms. The molecule has 1 atom stereocenters. The Hall–Kier alpha value is -3.28. The lowest BCUT2D eigenvalue weighted by Crippen LogP contribution is -2.10. The van der Waals surface area contributed by atoms with Gasteiger partial charge in [-0.15, -0.1) is 16.5 Å². The molecule has 5 rings (SSSR count). The Bertz CT molecular complexity index is 1620. The van der Waals surface area contributed by atoms with Crippen LogP contribution in [0.2, 0.25) is 0 Å². The molecular formula is C29H31F2N4O3S2+. The van der Waals surface area contributed by atoms with E-state index in [1.807, 2.05) is 26.8 Å². The normalized spacial score (nSPS) is 14.4. The third-order valence-corrected chi connectivity index (χ3v) is 8.49. The SMILES string of the molecule is CC(C)(C)Cc1cc(-c2nn(-c3nc(C(=O)O)cs3)c(CC3CC3)c2Cc2ccc([SH+](N)=O)c(F)c2)ccc1F. The first-order chi connectivity index (χ1) is 18.9. The van der Waals surface area contributed by atoms with E-state index in [1.54, 1.807) is 16.8 Å². The number of aromatic nitrogens is 3. The lowest BCUT2D eigenvalue weighted by atomic mass is 9.87. The van der Waals surface area contributed by atoms with Crippen molar-refractivity contribution >= 4 is 28.3 Å². The predicted molar refractivity (Wildman–Crippen MR) is 152 cm³/mol. The van der Waals surface area contributed by atoms with Crippen molar-refractivity contribution in [3.8, 4) is 16.4 Å². The first-order valence-electron chi connectivity index (χ1n) is 13.0. The first-order valence-corrected chi connectivity index (χ1v) is 15.2. The van der Waals surface area contributed by atoms with Gasteiger partial charge < -0.3 is 5.11 Å². The molecule has 2 aromatic carbocycles. The van der Waals surface area contributed by atoms with E-state index in [0.29, 0.717) is 52.7 Å². The van der Waals surface area contributed by atoms with Crippen LogP contribution in [0.1, 0.15) is 66.5 Å². The predicted octanol–water partition coefficient (Wildman–Crippen LogP) is 6.03. The number of thiol groups is 1. The van der Waals surface area contributed by atoms with Crippen molar-refractivity contribution < 1.29 is 22.9 Å². The summed E-state index contributed by atoms with van der Waals surface area (Å²) in [6.07, 6.45) is 3.65. The topological polar surface area (TPSA) is 111 Å². The van der Waals surface area contributed by atoms with Gasteiger partial charge in [-0.1, -0.05) is 31.0 Å². The van der Waals surface area contributed by atoms with Gasteiger partial charge in [0, 0.05) is 22.9 Å². The molecule has 4 aromatic rings. The molecule has 7 nitrogen and oxygen atoms in total. The van der Waals surface area contributed by atoms with Crippen molar-refractivity contribution in [2.24, 2.45) is 16.5 Å². The number of benzene rings is 2. The van der Waals surface area contributed by atoms with Crippen molar-refractivity contribution in [3.05, 3.63) is 81.5 Å². The highest BCUT2D eigenvalue weighted by Crippen LogP contribution is 2.39. The highest BCUT2D eigenvalue weighted by atomic mass is 32.2. The molecule has 2 heterocycles. The Morgan fingerprint density at radius 1 is 1.18 bits per heavy atom. The molecule has 3 N–H and O–H groups in total. The smallest absolute Gasteiger partial charge is 0.355 e. The summed E-state index contributed by atoms with van der Waals surface area (Å²) in [7, 11) is -2.32. The standard InChI is InChI=1S/C29H30F2N4O3S2/c1-29(2,3)14-19-13-18(7-8-21(19)30)26-20(10-17-6-9-25(40(32)38)22(31)11-17)24(12-16-4-5-16)35(34-26)28-33-23(15-39-28)27(36)37/h6-9,11,13,15-16H,4-5,10,12,14H2,1-3H3,(H2,32,38)(H,36,37)/p+1. The van der Waals surface area contributed by atoms with E-state index < -0.39 is 22.8 Å². The molecule has 40 heavy (non-hydrogen) atoms. The van der Waals surface area contributed by atoms with E-state index in [0.717, 1.165) is 24.1 Å². The number of hydrogen-bond donors (Lipinski definition) is 2. The third kappa shape index (κ3) is 6.21. The first kappa shape index (κ1) is 28.3. The fraction of sp³-hybridized carbons (Fsp3) is 0.345. The van der Waals surface area contributed by atoms with Gasteiger partial charge in [0.2, 0.25) is 10.0 Å². The maximum Gasteiger partial charge on any atom is 0.355 e. The molecule has 0 aliphatic heterocycles. The average molecular weight is 586 g/mol. The zero-order valence-electron chi connectivity index (χ0n) is 22.4. The molecule has 0 amide bonds. The number of hydrogen-bond acceptors (Lipinski definition) is 5. The van der Waals surface area contributed by atoms with Crippen LogP contribution in [0.4, 0.5) is 8.78 Å². The second-order valence-electron chi connectivity index (χ2n) is 11.5. The summed E-state index contributed by atoms with van der Waals surface area (Å²) in [4.78, 5) is 15.8. The molecule has 0 bridgehead atoms. The summed E-state index contributed by atoms with van der Waals surface area (Å²) in [6.45, 7) is 6.13. The molecule has 1 saturated carbocycles. The van der Waals surface area contributed by atoms with Crippen molar-refractivity contribution in [3.63, 3.8) is 0 Å². The van der Waals surface area contributed by atoms with Crippen LogP contribution < -0.4 is 5.14 Å². The Balaban J connectivity index is 1.69. The summed E-state index contributed by atoms with van der Waals surface area (Å²) in [5, 5.41) is 21.7. The van der Waals surface area contributed by atoms with Gasteiger partial charge in [-0.3, -0.25) is 0 Å². The average Bonchev–Trinajstić information content (AvgIpc) is 3.42. The minimum absolute atomic E-state index is 0.0396. The van der Waals surface area contributed by atoms with Crippen molar-refractivity contribution in [1.82, 2.24) is 14.8 Å². The van der Waals surface area contributed by atoms with Crippen LogP contribution in [0.15, 0.2) is 46.7 Å². The molecule has 1 aliphatic rings. The highest BCUT2D eigenvalue weighted by molar-refractivity contribution is 7.82. The van der Waals surface area contributed by atoms with E-state index in [2.05, 4.69) is 4.98 Å². The number of thiazole rings is 1. The largest absolute Gasteiger partial charge is 0.476 e. The Kier molecular flexibility index (Phi) is 7.73. The molecular weight excluding hydrogens is 554 g/mol. The van der Waals surface area contributed by atoms with E-state index in [1.165, 1.54) is 34.9 Å². The van der Waals surface area contributed by atoms with Gasteiger partial charge in [0.15, 0.2) is 22.5 Å². The maximum atomic E-state index is 14.9. The number of rotatable bonds is 9. The van der Waals surface area contributed by atoms with E-state index in [9.17, 15) is 22.9 Å². The van der Waals surface area contributed by atoms with Gasteiger partial charge in [0.05, 0.1) is 11.4 Å². The fourth-order valence-corrected chi connectivity index (χ4v) is 6.07. The molecule has 0 saturated heterocycles. The summed E-state index contributed by atoms with van der Waals surface area (Å²) in [5.74, 6) is -1.61. The van der Waals surface area contributed by atoms with Crippen LogP contribution in [0.5, 0.6) is 0 Å². The molecule has 1 unspecified atom stereocenters. The minimum atomic E-state index is -2.32. The van der Waals surface area contributed by atoms with Crippen LogP contribution in [0.3, 0.4) is 0 Å². The lowest BCUT2D eigenvalue weighted by molar-refractivity contribution is 0.0691. The molecule has 210 valence electrons. The Morgan fingerprint density at radius 2 is 1.93 bits per heavy atom. The highest BCUT2D eigenvalue weighted by Gasteiger charge is 2.30. The number of nitrogens with two attached hydrogens (primary N) is 1. The summed E-state index contributed by atoms with van der Waals surface area (Å²) in [5.41, 5.74) is 4.00. The van der Waals surface area contributed by atoms with Crippen molar-refractivity contribution in [1.29, 1.82) is 0 Å². The monoisotopic (exact) mass is 585 g/mol. The van der Waals surface area contributed by atoms with Gasteiger partial charge in [-0.25, -0.2) is 23.2 Å². The third-order valence-electron chi connectivity index (χ3n) is 6.83. The summed E-state index contributed by atoms with van der Waals surface area (Å²) >= 11 is 1.18. The fourth-order valence-electron chi connectivity index (χ4n) is 4.80. The van der Waals surface area contributed by atoms with Crippen molar-refractivity contribution in [2.75, 3.05) is 0 Å². The maximum absolute atomic E-state index is 14.9. The second kappa shape index (κ2) is 10.9. The Morgan fingerprint density at radius 3 is 2.52 bits per heavy atom. The second-order valence-corrected chi connectivity index (χ2v) is 13.5. The van der Waals surface area contributed by atoms with Crippen LogP contribution in [0, 0.1) is 23.0 Å². The van der Waals surface area contributed by atoms with Crippen LogP contribution in [-0.2, 0) is 34.5 Å². The molecule has 1 aliphatic carbocycles. The number of carboxylic acids is 1. The number of carboxylic acid groups (broad SMARTS) is 1. The van der Waals surface area contributed by atoms with Gasteiger partial charge >= 0.3 is 5.97 Å². The van der Waals surface area contributed by atoms with Gasteiger partial charge in [0.1, 0.15) is 5.82 Å². The quantitative estimate of drug-likeness (QED) is 0.184. The zero-order valence-corrected chi connectivity index (χ0v) is 24.2. The zero-order chi connectivity index (χ0) is 28.8. The van der Waals surface area contributed by atoms with Gasteiger partial charge in [0.25, 0.3) is 0 Å². The lowest BCUT2D eigenvalue weighted by Gasteiger charge is -2.19. The van der Waals surface area contributed by atoms with Crippen LogP contribution >= 0.6 is 11.3 Å². The minimum Gasteiger partial charge on any atom is -0.476 e. The van der Waals surface area contributed by atoms with Crippen molar-refractivity contribution in [2.45, 2.75) is 57.8 Å². The molecule has 0 radical (unpaired) electrons. The van der Waals surface area contributed by atoms with Gasteiger partial charge in [-0.2, -0.15) is 5.10 Å². The van der Waals surface area contributed by atoms with Gasteiger partial charge in [-0.05, 0) is 78.5 Å². The van der Waals surface area contributed by atoms with E-state index >= 15 is 0 Å². The number of aromatic carboxylic acids is 1. The Labute approximate surface area is 237 Å².